The van der Waals surface area contributed by atoms with E-state index < -0.39 is 13.1 Å². The lowest BCUT2D eigenvalue weighted by molar-refractivity contribution is -0.136. The first-order valence-electron chi connectivity index (χ1n) is 8.16. The van der Waals surface area contributed by atoms with Gasteiger partial charge in [0.1, 0.15) is 0 Å². The summed E-state index contributed by atoms with van der Waals surface area (Å²) in [6.45, 7) is 8.78. The van der Waals surface area contributed by atoms with Gasteiger partial charge in [0.05, 0.1) is 17.6 Å². The van der Waals surface area contributed by atoms with E-state index in [4.69, 9.17) is 14.4 Å². The zero-order valence-electron chi connectivity index (χ0n) is 15.1. The van der Waals surface area contributed by atoms with Gasteiger partial charge in [-0.3, -0.25) is 4.79 Å². The summed E-state index contributed by atoms with van der Waals surface area (Å²) in [5, 5.41) is 12.0. The summed E-state index contributed by atoms with van der Waals surface area (Å²) in [5.41, 5.74) is 2.02. The van der Waals surface area contributed by atoms with Crippen LogP contribution in [0, 0.1) is 0 Å². The molecule has 6 heteroatoms. The molecule has 0 unspecified atom stereocenters. The Labute approximate surface area is 144 Å². The summed E-state index contributed by atoms with van der Waals surface area (Å²) in [6, 6.07) is 7.50. The Bertz CT molecular complexity index is 606. The standard InChI is InChI=1S/C18H26BNO4/c1-17(2)18(3,4)24-19(23-17)15(12-20-5)10-13-6-8-14(9-7-13)11-16(21)22/h6-10,20H,11-12H2,1-5H3,(H,21,22). The first-order chi connectivity index (χ1) is 11.1. The summed E-state index contributed by atoms with van der Waals surface area (Å²) in [6.07, 6.45) is 2.06. The van der Waals surface area contributed by atoms with Crippen molar-refractivity contribution >= 4 is 19.2 Å². The number of carboxylic acids is 1. The van der Waals surface area contributed by atoms with Crippen LogP contribution in [0.2, 0.25) is 0 Å². The lowest BCUT2D eigenvalue weighted by Gasteiger charge is -2.32. The minimum absolute atomic E-state index is 0.0323. The summed E-state index contributed by atoms with van der Waals surface area (Å²) in [5.74, 6) is -0.827. The van der Waals surface area contributed by atoms with Crippen molar-refractivity contribution in [3.63, 3.8) is 0 Å². The lowest BCUT2D eigenvalue weighted by atomic mass is 9.77. The van der Waals surface area contributed by atoms with E-state index in [1.807, 2.05) is 65.1 Å². The van der Waals surface area contributed by atoms with E-state index in [1.54, 1.807) is 0 Å². The van der Waals surface area contributed by atoms with Crippen molar-refractivity contribution in [2.24, 2.45) is 0 Å². The van der Waals surface area contributed by atoms with E-state index in [1.165, 1.54) is 0 Å². The van der Waals surface area contributed by atoms with Crippen molar-refractivity contribution in [2.75, 3.05) is 13.6 Å². The molecular formula is C18H26BNO4. The maximum atomic E-state index is 10.8. The van der Waals surface area contributed by atoms with Crippen molar-refractivity contribution < 1.29 is 19.2 Å². The van der Waals surface area contributed by atoms with Gasteiger partial charge in [0.2, 0.25) is 0 Å². The number of nitrogens with one attached hydrogen (secondary N) is 1. The fraction of sp³-hybridized carbons (Fsp3) is 0.500. The van der Waals surface area contributed by atoms with Gasteiger partial charge in [0.15, 0.2) is 0 Å². The van der Waals surface area contributed by atoms with Crippen molar-refractivity contribution in [2.45, 2.75) is 45.3 Å². The second kappa shape index (κ2) is 7.09. The second-order valence-corrected chi connectivity index (χ2v) is 7.15. The molecule has 1 heterocycles. The third-order valence-corrected chi connectivity index (χ3v) is 4.62. The minimum Gasteiger partial charge on any atom is -0.481 e. The van der Waals surface area contributed by atoms with Gasteiger partial charge in [-0.05, 0) is 51.3 Å². The topological polar surface area (TPSA) is 67.8 Å². The van der Waals surface area contributed by atoms with Crippen molar-refractivity contribution in [3.05, 3.63) is 40.9 Å². The number of carboxylic acid groups (broad SMARTS) is 1. The molecule has 0 atom stereocenters. The average Bonchev–Trinajstić information content (AvgIpc) is 2.68. The number of carbonyl (C=O) groups is 1. The molecule has 0 bridgehead atoms. The first-order valence-corrected chi connectivity index (χ1v) is 8.16. The van der Waals surface area contributed by atoms with Crippen LogP contribution in [0.15, 0.2) is 29.7 Å². The smallest absolute Gasteiger partial charge is 0.481 e. The highest BCUT2D eigenvalue weighted by Crippen LogP contribution is 2.38. The summed E-state index contributed by atoms with van der Waals surface area (Å²) < 4.78 is 12.2. The molecule has 0 spiro atoms. The average molecular weight is 331 g/mol. The quantitative estimate of drug-likeness (QED) is 0.784. The van der Waals surface area contributed by atoms with Gasteiger partial charge >= 0.3 is 13.1 Å². The Balaban J connectivity index is 2.21. The molecule has 2 rings (SSSR count). The summed E-state index contributed by atoms with van der Waals surface area (Å²) in [7, 11) is 1.48. The Kier molecular flexibility index (Phi) is 5.53. The number of aliphatic carboxylic acids is 1. The molecule has 0 saturated carbocycles. The number of benzene rings is 1. The Morgan fingerprint density at radius 2 is 1.71 bits per heavy atom. The van der Waals surface area contributed by atoms with Gasteiger partial charge in [-0.2, -0.15) is 0 Å². The van der Waals surface area contributed by atoms with E-state index in [9.17, 15) is 4.79 Å². The largest absolute Gasteiger partial charge is 0.491 e. The van der Waals surface area contributed by atoms with E-state index in [-0.39, 0.29) is 17.6 Å². The van der Waals surface area contributed by atoms with Gasteiger partial charge in [-0.15, -0.1) is 0 Å². The van der Waals surface area contributed by atoms with E-state index in [0.29, 0.717) is 6.54 Å². The molecule has 1 saturated heterocycles. The molecule has 1 aromatic carbocycles. The number of rotatable bonds is 6. The third-order valence-electron chi connectivity index (χ3n) is 4.62. The van der Waals surface area contributed by atoms with Crippen molar-refractivity contribution in [1.82, 2.24) is 5.32 Å². The van der Waals surface area contributed by atoms with Gasteiger partial charge in [0.25, 0.3) is 0 Å². The second-order valence-electron chi connectivity index (χ2n) is 7.15. The number of hydrogen-bond acceptors (Lipinski definition) is 4. The highest BCUT2D eigenvalue weighted by Gasteiger charge is 2.52. The maximum absolute atomic E-state index is 10.8. The molecule has 1 fully saturated rings. The number of likely N-dealkylation sites (N-methyl/N-ethyl adjacent to an activating group) is 1. The van der Waals surface area contributed by atoms with Crippen molar-refractivity contribution in [1.29, 1.82) is 0 Å². The lowest BCUT2D eigenvalue weighted by Crippen LogP contribution is -2.41. The Morgan fingerprint density at radius 3 is 2.17 bits per heavy atom. The van der Waals surface area contributed by atoms with E-state index in [2.05, 4.69) is 5.32 Å². The molecule has 130 valence electrons. The Hall–Kier alpha value is -1.63. The van der Waals surface area contributed by atoms with Crippen LogP contribution in [-0.2, 0) is 20.5 Å². The molecule has 0 amide bonds. The zero-order valence-corrected chi connectivity index (χ0v) is 15.1. The SMILES string of the molecule is CNCC(=Cc1ccc(CC(=O)O)cc1)B1OC(C)(C)C(C)(C)O1. The van der Waals surface area contributed by atoms with Gasteiger partial charge < -0.3 is 19.7 Å². The molecule has 2 N–H and O–H groups in total. The van der Waals surface area contributed by atoms with Crippen LogP contribution < -0.4 is 5.32 Å². The monoisotopic (exact) mass is 331 g/mol. The fourth-order valence-electron chi connectivity index (χ4n) is 2.52. The van der Waals surface area contributed by atoms with Gasteiger partial charge in [0, 0.05) is 6.54 Å². The van der Waals surface area contributed by atoms with E-state index >= 15 is 0 Å². The molecule has 0 aliphatic carbocycles. The molecule has 24 heavy (non-hydrogen) atoms. The van der Waals surface area contributed by atoms with Crippen LogP contribution in [0.4, 0.5) is 0 Å². The third kappa shape index (κ3) is 4.26. The van der Waals surface area contributed by atoms with Crippen LogP contribution >= 0.6 is 0 Å². The highest BCUT2D eigenvalue weighted by atomic mass is 16.7. The molecule has 0 aromatic heterocycles. The Morgan fingerprint density at radius 1 is 1.17 bits per heavy atom. The normalized spacial score (nSPS) is 19.5. The van der Waals surface area contributed by atoms with Crippen LogP contribution in [0.25, 0.3) is 6.08 Å². The molecule has 5 nitrogen and oxygen atoms in total. The van der Waals surface area contributed by atoms with Gasteiger partial charge in [-0.25, -0.2) is 0 Å². The highest BCUT2D eigenvalue weighted by molar-refractivity contribution is 6.55. The van der Waals surface area contributed by atoms with Crippen molar-refractivity contribution in [3.8, 4) is 0 Å². The van der Waals surface area contributed by atoms with Crippen LogP contribution in [0.1, 0.15) is 38.8 Å². The maximum Gasteiger partial charge on any atom is 0.491 e. The summed E-state index contributed by atoms with van der Waals surface area (Å²) in [4.78, 5) is 10.8. The van der Waals surface area contributed by atoms with Crippen LogP contribution in [-0.4, -0.2) is 43.0 Å². The van der Waals surface area contributed by atoms with Crippen LogP contribution in [0.3, 0.4) is 0 Å². The van der Waals surface area contributed by atoms with E-state index in [0.717, 1.165) is 16.6 Å². The first kappa shape index (κ1) is 18.7. The molecule has 1 aliphatic rings. The predicted molar refractivity (Wildman–Crippen MR) is 95.8 cm³/mol. The minimum atomic E-state index is -0.827. The molecular weight excluding hydrogens is 305 g/mol. The zero-order chi connectivity index (χ0) is 18.0. The predicted octanol–water partition coefficient (Wildman–Crippen LogP) is 2.55. The molecule has 1 aliphatic heterocycles. The summed E-state index contributed by atoms with van der Waals surface area (Å²) >= 11 is 0. The fourth-order valence-corrected chi connectivity index (χ4v) is 2.52. The van der Waals surface area contributed by atoms with Crippen LogP contribution in [0.5, 0.6) is 0 Å². The molecule has 0 radical (unpaired) electrons. The van der Waals surface area contributed by atoms with Gasteiger partial charge in [-0.1, -0.05) is 30.3 Å². The number of hydrogen-bond donors (Lipinski definition) is 2. The molecule has 1 aromatic rings.